The van der Waals surface area contributed by atoms with E-state index in [1.54, 1.807) is 24.3 Å². The van der Waals surface area contributed by atoms with Gasteiger partial charge in [0.2, 0.25) is 0 Å². The fourth-order valence-corrected chi connectivity index (χ4v) is 2.97. The lowest BCUT2D eigenvalue weighted by atomic mass is 10.1. The van der Waals surface area contributed by atoms with Crippen molar-refractivity contribution in [3.63, 3.8) is 0 Å². The van der Waals surface area contributed by atoms with Gasteiger partial charge >= 0.3 is 5.97 Å². The maximum Gasteiger partial charge on any atom is 0.323 e. The smallest absolute Gasteiger partial charge is 0.323 e. The van der Waals surface area contributed by atoms with Crippen LogP contribution in [-0.4, -0.2) is 47.7 Å². The largest absolute Gasteiger partial charge is 0.480 e. The summed E-state index contributed by atoms with van der Waals surface area (Å²) < 4.78 is 11.0. The first kappa shape index (κ1) is 17.9. The van der Waals surface area contributed by atoms with E-state index in [2.05, 4.69) is 0 Å². The van der Waals surface area contributed by atoms with Gasteiger partial charge in [0, 0.05) is 24.8 Å². The molecule has 1 aliphatic rings. The molecule has 2 aromatic rings. The first-order valence-corrected chi connectivity index (χ1v) is 8.57. The highest BCUT2D eigenvalue weighted by atomic mass is 16.5. The first-order valence-electron chi connectivity index (χ1n) is 8.57. The third-order valence-electron chi connectivity index (χ3n) is 4.28. The number of para-hydroxylation sites is 1. The molecule has 1 amide bonds. The molecule has 26 heavy (non-hydrogen) atoms. The molecule has 3 rings (SSSR count). The molecule has 1 N–H and O–H groups in total. The van der Waals surface area contributed by atoms with Gasteiger partial charge in [-0.15, -0.1) is 0 Å². The van der Waals surface area contributed by atoms with Crippen molar-refractivity contribution in [3.05, 3.63) is 60.2 Å². The Bertz CT molecular complexity index is 739. The average molecular weight is 355 g/mol. The highest BCUT2D eigenvalue weighted by Gasteiger charge is 2.28. The number of amides is 1. The van der Waals surface area contributed by atoms with Gasteiger partial charge in [-0.3, -0.25) is 9.59 Å². The summed E-state index contributed by atoms with van der Waals surface area (Å²) in [6.45, 7) is 0.765. The van der Waals surface area contributed by atoms with E-state index >= 15 is 0 Å². The summed E-state index contributed by atoms with van der Waals surface area (Å²) in [5, 5.41) is 9.17. The van der Waals surface area contributed by atoms with Gasteiger partial charge in [-0.2, -0.15) is 0 Å². The summed E-state index contributed by atoms with van der Waals surface area (Å²) in [6.07, 6.45) is 1.29. The molecule has 0 atom stereocenters. The van der Waals surface area contributed by atoms with E-state index in [1.165, 1.54) is 4.90 Å². The van der Waals surface area contributed by atoms with Crippen molar-refractivity contribution in [1.29, 1.82) is 0 Å². The van der Waals surface area contributed by atoms with E-state index in [1.807, 2.05) is 30.3 Å². The SMILES string of the molecule is O=C(O)CN(C(=O)c1ccc(Oc2ccccc2)cc1)C1CCOCC1. The molecular weight excluding hydrogens is 334 g/mol. The van der Waals surface area contributed by atoms with Crippen LogP contribution in [0.25, 0.3) is 0 Å². The number of carbonyl (C=O) groups excluding carboxylic acids is 1. The van der Waals surface area contributed by atoms with Gasteiger partial charge in [-0.05, 0) is 49.2 Å². The van der Waals surface area contributed by atoms with Gasteiger partial charge in [0.1, 0.15) is 18.0 Å². The second kappa shape index (κ2) is 8.49. The summed E-state index contributed by atoms with van der Waals surface area (Å²) in [7, 11) is 0. The van der Waals surface area contributed by atoms with Crippen LogP contribution in [0.1, 0.15) is 23.2 Å². The molecule has 136 valence electrons. The van der Waals surface area contributed by atoms with Crippen molar-refractivity contribution in [3.8, 4) is 11.5 Å². The zero-order chi connectivity index (χ0) is 18.4. The van der Waals surface area contributed by atoms with Crippen molar-refractivity contribution < 1.29 is 24.2 Å². The molecule has 2 aromatic carbocycles. The molecule has 0 spiro atoms. The van der Waals surface area contributed by atoms with Crippen LogP contribution in [0.15, 0.2) is 54.6 Å². The lowest BCUT2D eigenvalue weighted by Gasteiger charge is -2.33. The predicted molar refractivity (Wildman–Crippen MR) is 95.5 cm³/mol. The fourth-order valence-electron chi connectivity index (χ4n) is 2.97. The molecule has 6 nitrogen and oxygen atoms in total. The Morgan fingerprint density at radius 1 is 1.00 bits per heavy atom. The predicted octanol–water partition coefficient (Wildman–Crippen LogP) is 3.18. The van der Waals surface area contributed by atoms with Crippen LogP contribution >= 0.6 is 0 Å². The number of ether oxygens (including phenoxy) is 2. The van der Waals surface area contributed by atoms with Crippen molar-refractivity contribution in [2.75, 3.05) is 19.8 Å². The summed E-state index contributed by atoms with van der Waals surface area (Å²) in [5.74, 6) is 0.0179. The van der Waals surface area contributed by atoms with Crippen molar-refractivity contribution in [2.24, 2.45) is 0 Å². The maximum atomic E-state index is 12.8. The maximum absolute atomic E-state index is 12.8. The van der Waals surface area contributed by atoms with Crippen molar-refractivity contribution in [2.45, 2.75) is 18.9 Å². The highest BCUT2D eigenvalue weighted by Crippen LogP contribution is 2.23. The fraction of sp³-hybridized carbons (Fsp3) is 0.300. The van der Waals surface area contributed by atoms with Gasteiger partial charge in [0.15, 0.2) is 0 Å². The molecule has 0 bridgehead atoms. The Hall–Kier alpha value is -2.86. The first-order chi connectivity index (χ1) is 12.6. The average Bonchev–Trinajstić information content (AvgIpc) is 2.67. The van der Waals surface area contributed by atoms with Gasteiger partial charge < -0.3 is 19.5 Å². The van der Waals surface area contributed by atoms with E-state index in [4.69, 9.17) is 9.47 Å². The molecule has 0 aliphatic carbocycles. The standard InChI is InChI=1S/C20H21NO5/c22-19(23)14-21(16-10-12-25-13-11-16)20(24)15-6-8-18(9-7-15)26-17-4-2-1-3-5-17/h1-9,16H,10-14H2,(H,22,23). The Balaban J connectivity index is 1.72. The number of aliphatic carboxylic acids is 1. The molecule has 1 heterocycles. The summed E-state index contributed by atoms with van der Waals surface area (Å²) in [5.41, 5.74) is 0.443. The monoisotopic (exact) mass is 355 g/mol. The quantitative estimate of drug-likeness (QED) is 0.861. The highest BCUT2D eigenvalue weighted by molar-refractivity contribution is 5.96. The molecule has 0 radical (unpaired) electrons. The van der Waals surface area contributed by atoms with Crippen LogP contribution < -0.4 is 4.74 Å². The number of carboxylic acid groups (broad SMARTS) is 1. The van der Waals surface area contributed by atoms with Crippen LogP contribution in [0.5, 0.6) is 11.5 Å². The summed E-state index contributed by atoms with van der Waals surface area (Å²) in [4.78, 5) is 25.5. The number of benzene rings is 2. The Morgan fingerprint density at radius 2 is 1.62 bits per heavy atom. The molecular formula is C20H21NO5. The number of carboxylic acids is 1. The van der Waals surface area contributed by atoms with E-state index in [0.29, 0.717) is 43.1 Å². The number of carbonyl (C=O) groups is 2. The Morgan fingerprint density at radius 3 is 2.23 bits per heavy atom. The van der Waals surface area contributed by atoms with E-state index in [9.17, 15) is 14.7 Å². The topological polar surface area (TPSA) is 76.1 Å². The minimum Gasteiger partial charge on any atom is -0.480 e. The second-order valence-electron chi connectivity index (χ2n) is 6.11. The van der Waals surface area contributed by atoms with Crippen molar-refractivity contribution in [1.82, 2.24) is 4.90 Å². The molecule has 0 saturated carbocycles. The Labute approximate surface area is 152 Å². The van der Waals surface area contributed by atoms with Gasteiger partial charge in [0.05, 0.1) is 0 Å². The number of hydrogen-bond acceptors (Lipinski definition) is 4. The van der Waals surface area contributed by atoms with Gasteiger partial charge in [0.25, 0.3) is 5.91 Å². The van der Waals surface area contributed by atoms with Crippen LogP contribution in [0.4, 0.5) is 0 Å². The van der Waals surface area contributed by atoms with E-state index in [0.717, 1.165) is 0 Å². The third kappa shape index (κ3) is 4.61. The minimum absolute atomic E-state index is 0.118. The normalized spacial score (nSPS) is 14.6. The number of hydrogen-bond donors (Lipinski definition) is 1. The van der Waals surface area contributed by atoms with Crippen LogP contribution in [-0.2, 0) is 9.53 Å². The zero-order valence-corrected chi connectivity index (χ0v) is 14.3. The van der Waals surface area contributed by atoms with E-state index < -0.39 is 5.97 Å². The molecule has 1 aliphatic heterocycles. The number of rotatable bonds is 6. The zero-order valence-electron chi connectivity index (χ0n) is 14.3. The summed E-state index contributed by atoms with van der Waals surface area (Å²) in [6, 6.07) is 16.0. The molecule has 0 unspecified atom stereocenters. The lowest BCUT2D eigenvalue weighted by Crippen LogP contribution is -2.46. The second-order valence-corrected chi connectivity index (χ2v) is 6.11. The molecule has 0 aromatic heterocycles. The van der Waals surface area contributed by atoms with Crippen molar-refractivity contribution >= 4 is 11.9 Å². The molecule has 6 heteroatoms. The van der Waals surface area contributed by atoms with Crippen LogP contribution in [0.3, 0.4) is 0 Å². The minimum atomic E-state index is -1.02. The Kier molecular flexibility index (Phi) is 5.86. The van der Waals surface area contributed by atoms with E-state index in [-0.39, 0.29) is 18.5 Å². The number of nitrogens with zero attached hydrogens (tertiary/aromatic N) is 1. The summed E-state index contributed by atoms with van der Waals surface area (Å²) >= 11 is 0. The van der Waals surface area contributed by atoms with Crippen LogP contribution in [0.2, 0.25) is 0 Å². The van der Waals surface area contributed by atoms with Crippen LogP contribution in [0, 0.1) is 0 Å². The van der Waals surface area contributed by atoms with Gasteiger partial charge in [-0.1, -0.05) is 18.2 Å². The molecule has 1 saturated heterocycles. The lowest BCUT2D eigenvalue weighted by molar-refractivity contribution is -0.138. The molecule has 1 fully saturated rings. The van der Waals surface area contributed by atoms with Gasteiger partial charge in [-0.25, -0.2) is 0 Å². The third-order valence-corrected chi connectivity index (χ3v) is 4.28.